The molecule has 2 amide bonds. The molecule has 2 fully saturated rings. The number of benzene rings is 1. The average Bonchev–Trinajstić information content (AvgIpc) is 1.65. The molecule has 3 rings (SSSR count). The number of carbonyl (C=O) groups is 11. The summed E-state index contributed by atoms with van der Waals surface area (Å²) in [5, 5.41) is 5.64. The molecule has 2 aliphatic rings. The van der Waals surface area contributed by atoms with E-state index in [0.29, 0.717) is 123 Å². The van der Waals surface area contributed by atoms with E-state index >= 15 is 0 Å². The Morgan fingerprint density at radius 2 is 0.884 bits per heavy atom. The molecular formula is C75H122N2O18. The molecule has 9 atom stereocenters. The summed E-state index contributed by atoms with van der Waals surface area (Å²) < 4.78 is 39.6. The zero-order chi connectivity index (χ0) is 70.7. The van der Waals surface area contributed by atoms with Gasteiger partial charge in [0.1, 0.15) is 54.0 Å². The van der Waals surface area contributed by atoms with Crippen molar-refractivity contribution in [3.63, 3.8) is 0 Å². The lowest BCUT2D eigenvalue weighted by Gasteiger charge is -2.23. The van der Waals surface area contributed by atoms with Crippen LogP contribution in [0, 0.1) is 41.4 Å². The predicted octanol–water partition coefficient (Wildman–Crippen LogP) is 13.1. The first kappa shape index (κ1) is 85.2. The summed E-state index contributed by atoms with van der Waals surface area (Å²) in [5.74, 6) is -2.67. The van der Waals surface area contributed by atoms with Gasteiger partial charge in [-0.25, -0.2) is 9.59 Å². The van der Waals surface area contributed by atoms with Crippen LogP contribution in [0.3, 0.4) is 0 Å². The molecular weight excluding hydrogens is 1220 g/mol. The summed E-state index contributed by atoms with van der Waals surface area (Å²) in [6, 6.07) is 8.16. The molecule has 95 heavy (non-hydrogen) atoms. The standard InChI is InChI=1S/C42H69NO12.C33H53NO6/c1-9-18-51-40(48)30(19-26(2)3)22-32(45)16-12-13-17-37(47)43-34(21-28(6)7)42(50)55-36-25-53-38-35(24-52-39(36)38)54-41(49)31(20-27(4)5)23-33(46)15-11-10-14-29(8)44;1-5-7-16-23-39-33(38)30(24-26(3)4)34-31(36)22-15-14-21-29(35)20-13-9-12-19-28(6-2)32(37)40-25-27-17-10-8-11-18-27/h26-28,30-31,34-36,38-39H,9-25H2,1-8H3,(H,43,47);8,10-11,17-18,26,28,30H,5-7,9,12-16,19-25H2,1-4H3,(H,34,36)/t30?,31?,34?,35-,36+,38?,39?;/m1./s1. The predicted molar refractivity (Wildman–Crippen MR) is 363 cm³/mol. The van der Waals surface area contributed by atoms with E-state index in [1.165, 1.54) is 6.92 Å². The summed E-state index contributed by atoms with van der Waals surface area (Å²) in [6.07, 6.45) is 12.9. The molecule has 0 spiro atoms. The molecule has 20 nitrogen and oxygen atoms in total. The molecule has 1 aromatic carbocycles. The molecule has 20 heteroatoms. The smallest absolute Gasteiger partial charge is 0.329 e. The number of unbranched alkanes of at least 4 members (excludes halogenated alkanes) is 7. The maximum absolute atomic E-state index is 13.4. The Labute approximate surface area is 568 Å². The highest BCUT2D eigenvalue weighted by Crippen LogP contribution is 2.33. The molecule has 2 heterocycles. The minimum Gasteiger partial charge on any atom is -0.465 e. The first-order valence-corrected chi connectivity index (χ1v) is 36.1. The topological polar surface area (TPSA) is 276 Å². The van der Waals surface area contributed by atoms with E-state index in [-0.39, 0.29) is 121 Å². The molecule has 0 bridgehead atoms. The van der Waals surface area contributed by atoms with E-state index < -0.39 is 60.3 Å². The van der Waals surface area contributed by atoms with Gasteiger partial charge in [-0.15, -0.1) is 0 Å². The Morgan fingerprint density at radius 3 is 1.37 bits per heavy atom. The Balaban J connectivity index is 0.000000681. The van der Waals surface area contributed by atoms with Gasteiger partial charge in [0.15, 0.2) is 12.2 Å². The lowest BCUT2D eigenvalue weighted by Crippen LogP contribution is -2.45. The summed E-state index contributed by atoms with van der Waals surface area (Å²) in [5.41, 5.74) is 0.984. The van der Waals surface area contributed by atoms with Crippen molar-refractivity contribution in [3.05, 3.63) is 35.9 Å². The highest BCUT2D eigenvalue weighted by Gasteiger charge is 2.52. The van der Waals surface area contributed by atoms with Crippen LogP contribution in [0.25, 0.3) is 0 Å². The monoisotopic (exact) mass is 1340 g/mol. The number of esters is 5. The van der Waals surface area contributed by atoms with Gasteiger partial charge < -0.3 is 48.6 Å². The Hall–Kier alpha value is -5.89. The Kier molecular flexibility index (Phi) is 44.5. The quantitative estimate of drug-likeness (QED) is 0.0348. The number of amides is 2. The van der Waals surface area contributed by atoms with E-state index in [1.54, 1.807) is 0 Å². The first-order chi connectivity index (χ1) is 45.3. The number of Topliss-reactive ketones (excluding diaryl/α,β-unsaturated/α-hetero) is 4. The van der Waals surface area contributed by atoms with E-state index in [4.69, 9.17) is 33.2 Å². The second kappa shape index (κ2) is 49.6. The number of ketones is 4. The normalized spacial score (nSPS) is 17.3. The maximum atomic E-state index is 13.4. The molecule has 7 unspecified atom stereocenters. The zero-order valence-electron chi connectivity index (χ0n) is 60.1. The van der Waals surface area contributed by atoms with E-state index in [0.717, 1.165) is 56.9 Å². The number of hydrogen-bond acceptors (Lipinski definition) is 18. The SMILES string of the molecule is CCCCCOC(=O)C(CC(C)C)NC(=O)CCCCC(=O)CCCCCC(CC)C(=O)OCc1ccccc1.CCCOC(=O)C(CC(=O)CCCCC(=O)NC(CC(C)C)C(=O)O[C@H]1COC2C1OC[C@H]2OC(=O)C(CC(=O)CCCCC(C)=O)CC(C)C)CC(C)C. The van der Waals surface area contributed by atoms with Crippen LogP contribution in [-0.2, 0) is 92.5 Å². The fourth-order valence-corrected chi connectivity index (χ4v) is 11.6. The van der Waals surface area contributed by atoms with Crippen molar-refractivity contribution in [2.45, 2.75) is 306 Å². The van der Waals surface area contributed by atoms with Crippen molar-refractivity contribution in [1.82, 2.24) is 10.6 Å². The van der Waals surface area contributed by atoms with Gasteiger partial charge in [0, 0.05) is 57.8 Å². The van der Waals surface area contributed by atoms with Crippen LogP contribution < -0.4 is 10.6 Å². The summed E-state index contributed by atoms with van der Waals surface area (Å²) in [4.78, 5) is 138. The van der Waals surface area contributed by atoms with Crippen LogP contribution in [0.5, 0.6) is 0 Å². The first-order valence-electron chi connectivity index (χ1n) is 36.1. The van der Waals surface area contributed by atoms with Gasteiger partial charge in [0.25, 0.3) is 0 Å². The van der Waals surface area contributed by atoms with Crippen molar-refractivity contribution in [1.29, 1.82) is 0 Å². The lowest BCUT2D eigenvalue weighted by atomic mass is 9.91. The second-order valence-electron chi connectivity index (χ2n) is 27.9. The third kappa shape index (κ3) is 38.6. The molecule has 540 valence electrons. The van der Waals surface area contributed by atoms with Gasteiger partial charge in [-0.1, -0.05) is 132 Å². The fourth-order valence-electron chi connectivity index (χ4n) is 11.6. The molecule has 0 aromatic heterocycles. The van der Waals surface area contributed by atoms with Crippen molar-refractivity contribution < 1.29 is 85.9 Å². The average molecular weight is 1340 g/mol. The maximum Gasteiger partial charge on any atom is 0.329 e. The van der Waals surface area contributed by atoms with Crippen LogP contribution in [-0.4, -0.2) is 128 Å². The Bertz CT molecular complexity index is 2440. The lowest BCUT2D eigenvalue weighted by molar-refractivity contribution is -0.161. The van der Waals surface area contributed by atoms with Gasteiger partial charge in [0.2, 0.25) is 11.8 Å². The molecule has 2 N–H and O–H groups in total. The minimum atomic E-state index is -0.897. The number of rotatable bonds is 51. The highest BCUT2D eigenvalue weighted by molar-refractivity contribution is 5.87. The van der Waals surface area contributed by atoms with E-state index in [1.807, 2.05) is 99.6 Å². The van der Waals surface area contributed by atoms with Gasteiger partial charge in [-0.05, 0) is 132 Å². The number of nitrogens with one attached hydrogen (secondary N) is 2. The number of hydrogen-bond donors (Lipinski definition) is 2. The van der Waals surface area contributed by atoms with Crippen molar-refractivity contribution in [2.24, 2.45) is 41.4 Å². The summed E-state index contributed by atoms with van der Waals surface area (Å²) in [6.45, 7) is 24.5. The van der Waals surface area contributed by atoms with Crippen LogP contribution >= 0.6 is 0 Å². The van der Waals surface area contributed by atoms with Gasteiger partial charge in [0.05, 0.1) is 44.2 Å². The van der Waals surface area contributed by atoms with Crippen molar-refractivity contribution in [2.75, 3.05) is 26.4 Å². The molecule has 2 aliphatic heterocycles. The van der Waals surface area contributed by atoms with E-state index in [9.17, 15) is 52.7 Å². The minimum absolute atomic E-state index is 0.0357. The van der Waals surface area contributed by atoms with Gasteiger partial charge in [-0.2, -0.15) is 0 Å². The molecule has 0 aliphatic carbocycles. The molecule has 0 saturated carbocycles. The summed E-state index contributed by atoms with van der Waals surface area (Å²) in [7, 11) is 0. The number of ether oxygens (including phenoxy) is 7. The summed E-state index contributed by atoms with van der Waals surface area (Å²) >= 11 is 0. The van der Waals surface area contributed by atoms with Crippen LogP contribution in [0.15, 0.2) is 30.3 Å². The third-order valence-corrected chi connectivity index (χ3v) is 16.7. The molecule has 0 radical (unpaired) electrons. The largest absolute Gasteiger partial charge is 0.465 e. The van der Waals surface area contributed by atoms with Gasteiger partial charge in [-0.3, -0.25) is 38.4 Å². The second-order valence-corrected chi connectivity index (χ2v) is 27.9. The Morgan fingerprint density at radius 1 is 0.442 bits per heavy atom. The highest BCUT2D eigenvalue weighted by atomic mass is 16.7. The number of carbonyl (C=O) groups excluding carboxylic acids is 11. The van der Waals surface area contributed by atoms with Gasteiger partial charge >= 0.3 is 29.8 Å². The van der Waals surface area contributed by atoms with Crippen molar-refractivity contribution in [3.8, 4) is 0 Å². The molecule has 2 saturated heterocycles. The van der Waals surface area contributed by atoms with Crippen molar-refractivity contribution >= 4 is 64.8 Å². The third-order valence-electron chi connectivity index (χ3n) is 16.7. The molecule has 1 aromatic rings. The fraction of sp³-hybridized carbons (Fsp3) is 0.773. The van der Waals surface area contributed by atoms with Crippen LogP contribution in [0.4, 0.5) is 0 Å². The van der Waals surface area contributed by atoms with Crippen LogP contribution in [0.1, 0.15) is 268 Å². The number of fused-ring (bicyclic) bond motifs is 1. The van der Waals surface area contributed by atoms with Crippen LogP contribution in [0.2, 0.25) is 0 Å². The zero-order valence-corrected chi connectivity index (χ0v) is 60.1. The van der Waals surface area contributed by atoms with E-state index in [2.05, 4.69) is 17.6 Å².